The second-order valence-corrected chi connectivity index (χ2v) is 5.58. The van der Waals surface area contributed by atoms with Gasteiger partial charge in [0.25, 0.3) is 0 Å². The molecule has 2 atom stereocenters. The van der Waals surface area contributed by atoms with Crippen molar-refractivity contribution in [3.8, 4) is 5.75 Å². The highest BCUT2D eigenvalue weighted by Crippen LogP contribution is 2.47. The number of methoxy groups -OCH3 is 1. The van der Waals surface area contributed by atoms with Gasteiger partial charge in [0.05, 0.1) is 25.5 Å². The summed E-state index contributed by atoms with van der Waals surface area (Å²) in [4.78, 5) is 25.1. The normalized spacial score (nSPS) is 25.3. The van der Waals surface area contributed by atoms with Gasteiger partial charge in [-0.2, -0.15) is 0 Å². The smallest absolute Gasteiger partial charge is 0.233 e. The molecule has 2 unspecified atom stereocenters. The number of amides is 2. The van der Waals surface area contributed by atoms with Crippen LogP contribution in [0.15, 0.2) is 22.7 Å². The van der Waals surface area contributed by atoms with E-state index >= 15 is 0 Å². The van der Waals surface area contributed by atoms with Crippen LogP contribution in [0.4, 0.5) is 0 Å². The Morgan fingerprint density at radius 2 is 2.00 bits per heavy atom. The van der Waals surface area contributed by atoms with Gasteiger partial charge in [-0.1, -0.05) is 15.9 Å². The van der Waals surface area contributed by atoms with Crippen LogP contribution in [0.5, 0.6) is 5.75 Å². The topological polar surface area (TPSA) is 46.6 Å². The third-order valence-electron chi connectivity index (χ3n) is 3.53. The summed E-state index contributed by atoms with van der Waals surface area (Å²) in [7, 11) is 1.58. The summed E-state index contributed by atoms with van der Waals surface area (Å²) < 4.78 is 6.15. The molecular formula is C13H12BrNO3. The van der Waals surface area contributed by atoms with E-state index < -0.39 is 0 Å². The zero-order valence-corrected chi connectivity index (χ0v) is 11.4. The number of nitrogens with zero attached hydrogens (tertiary/aromatic N) is 1. The first-order chi connectivity index (χ1) is 8.61. The van der Waals surface area contributed by atoms with Crippen LogP contribution in [-0.2, 0) is 16.1 Å². The van der Waals surface area contributed by atoms with Gasteiger partial charge in [0, 0.05) is 10.0 Å². The van der Waals surface area contributed by atoms with Crippen LogP contribution in [0.2, 0.25) is 0 Å². The summed E-state index contributed by atoms with van der Waals surface area (Å²) in [5, 5.41) is 0. The van der Waals surface area contributed by atoms with E-state index in [-0.39, 0.29) is 23.7 Å². The van der Waals surface area contributed by atoms with Crippen molar-refractivity contribution in [1.29, 1.82) is 0 Å². The predicted molar refractivity (Wildman–Crippen MR) is 67.8 cm³/mol. The van der Waals surface area contributed by atoms with Gasteiger partial charge in [-0.15, -0.1) is 0 Å². The van der Waals surface area contributed by atoms with E-state index in [4.69, 9.17) is 4.74 Å². The molecule has 4 nitrogen and oxygen atoms in total. The minimum atomic E-state index is -0.0457. The zero-order chi connectivity index (χ0) is 12.9. The minimum Gasteiger partial charge on any atom is -0.496 e. The summed E-state index contributed by atoms with van der Waals surface area (Å²) in [6.07, 6.45) is 0.740. The molecule has 2 amide bonds. The number of carbonyl (C=O) groups is 2. The molecule has 0 spiro atoms. The van der Waals surface area contributed by atoms with Crippen LogP contribution in [0.25, 0.3) is 0 Å². The summed E-state index contributed by atoms with van der Waals surface area (Å²) in [6, 6.07) is 5.57. The Balaban J connectivity index is 1.86. The first kappa shape index (κ1) is 11.7. The maximum atomic E-state index is 11.9. The fraction of sp³-hybridized carbons (Fsp3) is 0.385. The Bertz CT molecular complexity index is 523. The number of hydrogen-bond acceptors (Lipinski definition) is 3. The fourth-order valence-electron chi connectivity index (χ4n) is 2.45. The Labute approximate surface area is 113 Å². The van der Waals surface area contributed by atoms with Gasteiger partial charge in [-0.25, -0.2) is 0 Å². The van der Waals surface area contributed by atoms with E-state index in [9.17, 15) is 9.59 Å². The minimum absolute atomic E-state index is 0.0352. The van der Waals surface area contributed by atoms with Crippen molar-refractivity contribution in [1.82, 2.24) is 4.90 Å². The standard InChI is InChI=1S/C13H12BrNO3/c1-18-11-3-2-8(14)4-7(11)6-15-12(16)9-5-10(9)13(15)17/h2-4,9-10H,5-6H2,1H3. The fourth-order valence-corrected chi connectivity index (χ4v) is 2.86. The van der Waals surface area contributed by atoms with Gasteiger partial charge >= 0.3 is 0 Å². The lowest BCUT2D eigenvalue weighted by atomic mass is 10.2. The molecule has 0 bridgehead atoms. The van der Waals surface area contributed by atoms with Gasteiger partial charge in [-0.05, 0) is 24.6 Å². The van der Waals surface area contributed by atoms with Gasteiger partial charge in [-0.3, -0.25) is 14.5 Å². The number of halogens is 1. The van der Waals surface area contributed by atoms with Gasteiger partial charge in [0.15, 0.2) is 0 Å². The number of fused-ring (bicyclic) bond motifs is 1. The van der Waals surface area contributed by atoms with Crippen molar-refractivity contribution < 1.29 is 14.3 Å². The molecule has 1 heterocycles. The van der Waals surface area contributed by atoms with Gasteiger partial charge < -0.3 is 4.74 Å². The number of rotatable bonds is 3. The predicted octanol–water partition coefficient (Wildman–Crippen LogP) is 1.96. The van der Waals surface area contributed by atoms with E-state index in [0.717, 1.165) is 16.5 Å². The van der Waals surface area contributed by atoms with Crippen LogP contribution in [0, 0.1) is 11.8 Å². The average Bonchev–Trinajstić information content (AvgIpc) is 3.10. The number of carbonyl (C=O) groups excluding carboxylic acids is 2. The van der Waals surface area contributed by atoms with Gasteiger partial charge in [0.2, 0.25) is 11.8 Å². The summed E-state index contributed by atoms with van der Waals surface area (Å²) in [6.45, 7) is 0.299. The molecule has 1 aliphatic carbocycles. The summed E-state index contributed by atoms with van der Waals surface area (Å²) in [5.74, 6) is 0.532. The monoisotopic (exact) mass is 309 g/mol. The lowest BCUT2D eigenvalue weighted by Gasteiger charge is -2.18. The second-order valence-electron chi connectivity index (χ2n) is 4.67. The molecule has 5 heteroatoms. The molecule has 94 valence electrons. The van der Waals surface area contributed by atoms with Crippen LogP contribution in [-0.4, -0.2) is 23.8 Å². The highest BCUT2D eigenvalue weighted by atomic mass is 79.9. The molecule has 1 saturated heterocycles. The van der Waals surface area contributed by atoms with E-state index in [1.807, 2.05) is 18.2 Å². The lowest BCUT2D eigenvalue weighted by molar-refractivity contribution is -0.142. The van der Waals surface area contributed by atoms with E-state index in [1.165, 1.54) is 4.90 Å². The first-order valence-corrected chi connectivity index (χ1v) is 6.58. The van der Waals surface area contributed by atoms with E-state index in [2.05, 4.69) is 15.9 Å². The molecule has 0 aromatic heterocycles. The average molecular weight is 310 g/mol. The Hall–Kier alpha value is -1.36. The molecule has 0 N–H and O–H groups in total. The quantitative estimate of drug-likeness (QED) is 0.802. The molecule has 1 aromatic rings. The molecule has 2 fully saturated rings. The third kappa shape index (κ3) is 1.73. The van der Waals surface area contributed by atoms with Crippen LogP contribution in [0.3, 0.4) is 0 Å². The van der Waals surface area contributed by atoms with E-state index in [1.54, 1.807) is 7.11 Å². The van der Waals surface area contributed by atoms with E-state index in [0.29, 0.717) is 12.3 Å². The lowest BCUT2D eigenvalue weighted by Crippen LogP contribution is -2.32. The molecule has 0 radical (unpaired) electrons. The van der Waals surface area contributed by atoms with Crippen LogP contribution >= 0.6 is 15.9 Å². The molecule has 18 heavy (non-hydrogen) atoms. The number of ether oxygens (including phenoxy) is 1. The second kappa shape index (κ2) is 4.09. The molecule has 3 rings (SSSR count). The van der Waals surface area contributed by atoms with Crippen molar-refractivity contribution in [3.63, 3.8) is 0 Å². The Kier molecular flexibility index (Phi) is 2.66. The summed E-state index contributed by atoms with van der Waals surface area (Å²) in [5.41, 5.74) is 0.842. The maximum absolute atomic E-state index is 11.9. The Morgan fingerprint density at radius 3 is 2.61 bits per heavy atom. The van der Waals surface area contributed by atoms with Crippen molar-refractivity contribution in [2.75, 3.05) is 7.11 Å². The Morgan fingerprint density at radius 1 is 1.33 bits per heavy atom. The molecule has 2 aliphatic rings. The molecular weight excluding hydrogens is 298 g/mol. The number of likely N-dealkylation sites (tertiary alicyclic amines) is 1. The SMILES string of the molecule is COc1ccc(Br)cc1CN1C(=O)C2CC2C1=O. The van der Waals surface area contributed by atoms with Gasteiger partial charge in [0.1, 0.15) is 5.75 Å². The largest absolute Gasteiger partial charge is 0.496 e. The summed E-state index contributed by atoms with van der Waals surface area (Å²) >= 11 is 3.38. The highest BCUT2D eigenvalue weighted by Gasteiger charge is 2.58. The van der Waals surface area contributed by atoms with Crippen LogP contribution in [0.1, 0.15) is 12.0 Å². The highest BCUT2D eigenvalue weighted by molar-refractivity contribution is 9.10. The number of hydrogen-bond donors (Lipinski definition) is 0. The first-order valence-electron chi connectivity index (χ1n) is 5.79. The van der Waals surface area contributed by atoms with Crippen molar-refractivity contribution in [2.24, 2.45) is 11.8 Å². The zero-order valence-electron chi connectivity index (χ0n) is 9.85. The van der Waals surface area contributed by atoms with Crippen molar-refractivity contribution >= 4 is 27.7 Å². The maximum Gasteiger partial charge on any atom is 0.233 e. The molecule has 1 aromatic carbocycles. The number of piperidine rings is 1. The number of imide groups is 1. The third-order valence-corrected chi connectivity index (χ3v) is 4.02. The molecule has 1 aliphatic heterocycles. The number of benzene rings is 1. The van der Waals surface area contributed by atoms with Crippen molar-refractivity contribution in [3.05, 3.63) is 28.2 Å². The van der Waals surface area contributed by atoms with Crippen LogP contribution < -0.4 is 4.74 Å². The molecule has 1 saturated carbocycles. The van der Waals surface area contributed by atoms with Crippen molar-refractivity contribution in [2.45, 2.75) is 13.0 Å².